The van der Waals surface area contributed by atoms with E-state index in [1.807, 2.05) is 11.8 Å². The fourth-order valence-electron chi connectivity index (χ4n) is 4.36. The molecule has 3 fully saturated rings. The molecule has 1 aromatic rings. The Balaban J connectivity index is 1.56. The molecule has 4 heterocycles. The summed E-state index contributed by atoms with van der Waals surface area (Å²) in [6.45, 7) is 3.91. The van der Waals surface area contributed by atoms with Crippen molar-refractivity contribution < 1.29 is 13.6 Å². The van der Waals surface area contributed by atoms with Crippen LogP contribution in [0.15, 0.2) is 11.2 Å². The first-order valence-corrected chi connectivity index (χ1v) is 11.3. The van der Waals surface area contributed by atoms with E-state index in [0.29, 0.717) is 36.3 Å². The van der Waals surface area contributed by atoms with Crippen LogP contribution in [0.25, 0.3) is 0 Å². The molecule has 160 valence electrons. The number of aromatic nitrogens is 2. The fourth-order valence-corrected chi connectivity index (χ4v) is 4.93. The van der Waals surface area contributed by atoms with Crippen LogP contribution < -0.4 is 15.5 Å². The van der Waals surface area contributed by atoms with Crippen molar-refractivity contribution >= 4 is 29.3 Å². The van der Waals surface area contributed by atoms with Crippen LogP contribution in [0.4, 0.5) is 20.4 Å². The number of amides is 1. The van der Waals surface area contributed by atoms with Gasteiger partial charge >= 0.3 is 0 Å². The van der Waals surface area contributed by atoms with E-state index in [2.05, 4.69) is 14.9 Å². The zero-order valence-electron chi connectivity index (χ0n) is 16.7. The molecule has 0 unspecified atom stereocenters. The van der Waals surface area contributed by atoms with E-state index in [-0.39, 0.29) is 37.5 Å². The Morgan fingerprint density at radius 1 is 1.21 bits per heavy atom. The van der Waals surface area contributed by atoms with Crippen LogP contribution in [0.2, 0.25) is 0 Å². The molecule has 0 bridgehead atoms. The lowest BCUT2D eigenvalue weighted by molar-refractivity contribution is -0.135. The highest BCUT2D eigenvalue weighted by Crippen LogP contribution is 2.33. The summed E-state index contributed by atoms with van der Waals surface area (Å²) in [6.07, 6.45) is 2.37. The van der Waals surface area contributed by atoms with Crippen LogP contribution in [0, 0.1) is 0 Å². The van der Waals surface area contributed by atoms with Crippen molar-refractivity contribution in [1.29, 1.82) is 0 Å². The number of rotatable bonds is 5. The standard InChI is InChI=1S/C19H28F2N6OS/c1-2-29-18-23-15(25-8-6-19(20,21)12-25)9-16(24-18)26-10-13(22)14(11-26)27-7-4-3-5-17(27)28/h9,13-14H,2-8,10-12,22H2,1H3/t13-,14-/m0/s1. The molecule has 0 aromatic carbocycles. The Kier molecular flexibility index (Phi) is 5.83. The Hall–Kier alpha value is -1.68. The summed E-state index contributed by atoms with van der Waals surface area (Å²) < 4.78 is 27.4. The molecule has 0 saturated carbocycles. The Morgan fingerprint density at radius 2 is 1.97 bits per heavy atom. The molecule has 3 aliphatic heterocycles. The van der Waals surface area contributed by atoms with Gasteiger partial charge in [-0.15, -0.1) is 0 Å². The van der Waals surface area contributed by atoms with Crippen molar-refractivity contribution in [3.63, 3.8) is 0 Å². The summed E-state index contributed by atoms with van der Waals surface area (Å²) in [6, 6.07) is 1.59. The van der Waals surface area contributed by atoms with E-state index in [0.717, 1.165) is 25.1 Å². The second-order valence-electron chi connectivity index (χ2n) is 8.01. The number of carbonyl (C=O) groups excluding carboxylic acids is 1. The topological polar surface area (TPSA) is 78.6 Å². The molecule has 1 amide bonds. The van der Waals surface area contributed by atoms with Gasteiger partial charge in [-0.2, -0.15) is 0 Å². The van der Waals surface area contributed by atoms with Crippen molar-refractivity contribution in [2.45, 2.75) is 55.8 Å². The maximum Gasteiger partial charge on any atom is 0.266 e. The lowest BCUT2D eigenvalue weighted by atomic mass is 10.1. The minimum atomic E-state index is -2.68. The second-order valence-corrected chi connectivity index (χ2v) is 9.24. The Labute approximate surface area is 174 Å². The molecule has 0 aliphatic carbocycles. The number of hydrogen-bond acceptors (Lipinski definition) is 7. The molecule has 3 aliphatic rings. The minimum absolute atomic E-state index is 0.0420. The largest absolute Gasteiger partial charge is 0.353 e. The van der Waals surface area contributed by atoms with Gasteiger partial charge in [-0.1, -0.05) is 18.7 Å². The maximum absolute atomic E-state index is 13.7. The molecular formula is C19H28F2N6OS. The highest BCUT2D eigenvalue weighted by molar-refractivity contribution is 7.99. The predicted molar refractivity (Wildman–Crippen MR) is 110 cm³/mol. The first kappa shape index (κ1) is 20.6. The fraction of sp³-hybridized carbons (Fsp3) is 0.737. The molecule has 0 radical (unpaired) electrons. The number of nitrogens with zero attached hydrogens (tertiary/aromatic N) is 5. The predicted octanol–water partition coefficient (Wildman–Crippen LogP) is 1.96. The number of carbonyl (C=O) groups is 1. The van der Waals surface area contributed by atoms with Gasteiger partial charge in [-0.3, -0.25) is 4.79 Å². The van der Waals surface area contributed by atoms with Crippen molar-refractivity contribution in [2.75, 3.05) is 48.3 Å². The quantitative estimate of drug-likeness (QED) is 0.570. The average molecular weight is 427 g/mol. The van der Waals surface area contributed by atoms with Crippen molar-refractivity contribution in [2.24, 2.45) is 5.73 Å². The van der Waals surface area contributed by atoms with Gasteiger partial charge in [0.05, 0.1) is 12.6 Å². The Bertz CT molecular complexity index is 766. The summed E-state index contributed by atoms with van der Waals surface area (Å²) >= 11 is 1.49. The average Bonchev–Trinajstić information content (AvgIpc) is 3.24. The molecule has 29 heavy (non-hydrogen) atoms. The first-order valence-electron chi connectivity index (χ1n) is 10.3. The van der Waals surface area contributed by atoms with Gasteiger partial charge in [0.25, 0.3) is 5.92 Å². The second kappa shape index (κ2) is 8.22. The number of halogens is 2. The number of alkyl halides is 2. The summed E-state index contributed by atoms with van der Waals surface area (Å²) in [5, 5.41) is 0.585. The van der Waals surface area contributed by atoms with E-state index in [1.54, 1.807) is 11.0 Å². The lowest BCUT2D eigenvalue weighted by Gasteiger charge is -2.34. The van der Waals surface area contributed by atoms with Gasteiger partial charge in [-0.25, -0.2) is 18.7 Å². The number of nitrogens with two attached hydrogens (primary N) is 1. The van der Waals surface area contributed by atoms with Crippen LogP contribution in [0.3, 0.4) is 0 Å². The van der Waals surface area contributed by atoms with Crippen molar-refractivity contribution in [3.8, 4) is 0 Å². The third-order valence-electron chi connectivity index (χ3n) is 5.86. The minimum Gasteiger partial charge on any atom is -0.353 e. The zero-order chi connectivity index (χ0) is 20.6. The van der Waals surface area contributed by atoms with E-state index >= 15 is 0 Å². The summed E-state index contributed by atoms with van der Waals surface area (Å²) in [4.78, 5) is 27.1. The molecular weight excluding hydrogens is 398 g/mol. The highest BCUT2D eigenvalue weighted by Gasteiger charge is 2.40. The third-order valence-corrected chi connectivity index (χ3v) is 6.59. The molecule has 1 aromatic heterocycles. The van der Waals surface area contributed by atoms with E-state index in [4.69, 9.17) is 5.73 Å². The first-order chi connectivity index (χ1) is 13.9. The monoisotopic (exact) mass is 426 g/mol. The number of likely N-dealkylation sites (tertiary alicyclic amines) is 1. The van der Waals surface area contributed by atoms with Crippen LogP contribution in [0.1, 0.15) is 32.6 Å². The van der Waals surface area contributed by atoms with Gasteiger partial charge in [0.2, 0.25) is 5.91 Å². The van der Waals surface area contributed by atoms with Crippen LogP contribution in [-0.4, -0.2) is 77.3 Å². The van der Waals surface area contributed by atoms with Crippen LogP contribution in [-0.2, 0) is 4.79 Å². The molecule has 4 rings (SSSR count). The summed E-state index contributed by atoms with van der Waals surface area (Å²) in [7, 11) is 0. The number of thioether (sulfide) groups is 1. The lowest BCUT2D eigenvalue weighted by Crippen LogP contribution is -2.51. The van der Waals surface area contributed by atoms with Gasteiger partial charge in [-0.05, 0) is 18.6 Å². The van der Waals surface area contributed by atoms with Gasteiger partial charge in [0.15, 0.2) is 5.16 Å². The van der Waals surface area contributed by atoms with Crippen molar-refractivity contribution in [1.82, 2.24) is 14.9 Å². The van der Waals surface area contributed by atoms with Gasteiger partial charge in [0.1, 0.15) is 11.6 Å². The maximum atomic E-state index is 13.7. The number of anilines is 2. The van der Waals surface area contributed by atoms with Crippen LogP contribution in [0.5, 0.6) is 0 Å². The third kappa shape index (κ3) is 4.42. The number of piperidine rings is 1. The van der Waals surface area contributed by atoms with Crippen molar-refractivity contribution in [3.05, 3.63) is 6.07 Å². The SMILES string of the molecule is CCSc1nc(N2C[C@H](N)[C@@H](N3CCCCC3=O)C2)cc(N2CCC(F)(F)C2)n1. The summed E-state index contributed by atoms with van der Waals surface area (Å²) in [5.74, 6) is -0.483. The molecule has 3 saturated heterocycles. The number of hydrogen-bond donors (Lipinski definition) is 1. The molecule has 2 atom stereocenters. The van der Waals surface area contributed by atoms with E-state index in [9.17, 15) is 13.6 Å². The summed E-state index contributed by atoms with van der Waals surface area (Å²) in [5.41, 5.74) is 6.40. The van der Waals surface area contributed by atoms with Gasteiger partial charge in [0, 0.05) is 51.1 Å². The van der Waals surface area contributed by atoms with E-state index < -0.39 is 5.92 Å². The van der Waals surface area contributed by atoms with Crippen LogP contribution >= 0.6 is 11.8 Å². The zero-order valence-corrected chi connectivity index (χ0v) is 17.5. The molecule has 10 heteroatoms. The Morgan fingerprint density at radius 3 is 2.62 bits per heavy atom. The smallest absolute Gasteiger partial charge is 0.266 e. The molecule has 2 N–H and O–H groups in total. The highest BCUT2D eigenvalue weighted by atomic mass is 32.2. The normalized spacial score (nSPS) is 27.2. The molecule has 7 nitrogen and oxygen atoms in total. The van der Waals surface area contributed by atoms with Gasteiger partial charge < -0.3 is 20.4 Å². The van der Waals surface area contributed by atoms with E-state index in [1.165, 1.54) is 11.8 Å². The molecule has 0 spiro atoms.